The molecule has 4 rings (SSSR count). The van der Waals surface area contributed by atoms with Gasteiger partial charge in [-0.25, -0.2) is 18.4 Å². The van der Waals surface area contributed by atoms with Gasteiger partial charge in [0.25, 0.3) is 0 Å². The van der Waals surface area contributed by atoms with E-state index in [2.05, 4.69) is 4.74 Å². The summed E-state index contributed by atoms with van der Waals surface area (Å²) in [7, 11) is 2.25. The largest absolute Gasteiger partial charge is 1.00 e. The van der Waals surface area contributed by atoms with E-state index in [0.29, 0.717) is 26.4 Å². The molecule has 0 saturated carbocycles. The van der Waals surface area contributed by atoms with Crippen LogP contribution in [0.15, 0.2) is 36.4 Å². The number of aromatic carboxylic acids is 1. The molecule has 0 bridgehead atoms. The molecule has 0 atom stereocenters. The maximum absolute atomic E-state index is 13.5. The Bertz CT molecular complexity index is 952. The molecule has 2 heterocycles. The van der Waals surface area contributed by atoms with Gasteiger partial charge in [0.15, 0.2) is 23.1 Å². The molecular formula is C22H25F2KO10. The van der Waals surface area contributed by atoms with Crippen LogP contribution in [0.1, 0.15) is 20.7 Å². The van der Waals surface area contributed by atoms with Gasteiger partial charge >= 0.3 is 63.3 Å². The minimum absolute atomic E-state index is 0. The van der Waals surface area contributed by atoms with Gasteiger partial charge in [0.2, 0.25) is 0 Å². The van der Waals surface area contributed by atoms with Gasteiger partial charge in [0, 0.05) is 7.11 Å². The third-order valence-electron chi connectivity index (χ3n) is 4.33. The summed E-state index contributed by atoms with van der Waals surface area (Å²) in [6, 6.07) is 7.54. The number of ether oxygens (including phenoxy) is 5. The van der Waals surface area contributed by atoms with Crippen molar-refractivity contribution in [2.24, 2.45) is 0 Å². The number of esters is 1. The van der Waals surface area contributed by atoms with Crippen molar-refractivity contribution < 1.29 is 109 Å². The average Bonchev–Trinajstić information content (AvgIpc) is 2.76. The van der Waals surface area contributed by atoms with Crippen LogP contribution in [0.5, 0.6) is 11.5 Å². The van der Waals surface area contributed by atoms with Crippen molar-refractivity contribution in [1.82, 2.24) is 0 Å². The summed E-state index contributed by atoms with van der Waals surface area (Å²) >= 11 is 0. The maximum Gasteiger partial charge on any atom is 1.00 e. The Morgan fingerprint density at radius 2 is 1.26 bits per heavy atom. The summed E-state index contributed by atoms with van der Waals surface area (Å²) in [5, 5.41) is 15.6. The van der Waals surface area contributed by atoms with Gasteiger partial charge in [-0.2, -0.15) is 0 Å². The van der Waals surface area contributed by atoms with E-state index in [4.69, 9.17) is 29.2 Å². The van der Waals surface area contributed by atoms with Gasteiger partial charge in [-0.3, -0.25) is 0 Å². The molecule has 2 aliphatic rings. The summed E-state index contributed by atoms with van der Waals surface area (Å²) in [6.07, 6.45) is -0.228. The van der Waals surface area contributed by atoms with Crippen LogP contribution in [-0.2, 0) is 14.2 Å². The van der Waals surface area contributed by atoms with E-state index in [9.17, 15) is 18.4 Å². The summed E-state index contributed by atoms with van der Waals surface area (Å²) in [5.74, 6) is -2.78. The second-order valence-corrected chi connectivity index (χ2v) is 6.64. The summed E-state index contributed by atoms with van der Waals surface area (Å²) < 4.78 is 51.6. The molecule has 0 aliphatic carbocycles. The quantitative estimate of drug-likeness (QED) is 0.359. The molecule has 0 amide bonds. The molecule has 35 heavy (non-hydrogen) atoms. The van der Waals surface area contributed by atoms with E-state index >= 15 is 0 Å². The number of aliphatic hydroxyl groups is 1. The standard InChI is InChI=1S/C11H11FO4.C10H9FO4.CH4O.K.H2O/c1-14-11(13)7-2-3-10(9(12)4-7)16-8-5-15-6-8;11-8-3-6(10(12)13)1-2-9(8)15-7-4-14-5-7;1-2;;/h2-4,8H,5-6H2,1H3;1-3,7H,4-5H2,(H,12,13);2H,1H3;;1H2/q;;;+1;/p-1. The van der Waals surface area contributed by atoms with Gasteiger partial charge in [-0.05, 0) is 36.4 Å². The molecule has 2 saturated heterocycles. The summed E-state index contributed by atoms with van der Waals surface area (Å²) in [5.41, 5.74) is 0.0712. The third kappa shape index (κ3) is 10.1. The number of benzene rings is 2. The molecular weight excluding hydrogens is 501 g/mol. The number of carbonyl (C=O) groups is 2. The Balaban J connectivity index is 0.000000587. The van der Waals surface area contributed by atoms with Crippen LogP contribution in [0.25, 0.3) is 0 Å². The zero-order chi connectivity index (χ0) is 24.4. The topological polar surface area (TPSA) is 151 Å². The first-order chi connectivity index (χ1) is 15.9. The predicted octanol–water partition coefficient (Wildman–Crippen LogP) is -0.873. The van der Waals surface area contributed by atoms with Crippen LogP contribution in [0, 0.1) is 11.6 Å². The van der Waals surface area contributed by atoms with Crippen molar-refractivity contribution in [3.63, 3.8) is 0 Å². The molecule has 188 valence electrons. The smallest absolute Gasteiger partial charge is 0.870 e. The SMILES string of the molecule is CO.COC(=O)c1ccc(OC2COC2)c(F)c1.O=C(O)c1ccc(OC2COC2)c(F)c1.[K+].[OH-]. The molecule has 2 aromatic carbocycles. The third-order valence-corrected chi connectivity index (χ3v) is 4.33. The monoisotopic (exact) mass is 526 g/mol. The summed E-state index contributed by atoms with van der Waals surface area (Å²) in [6.45, 7) is 1.83. The number of rotatable bonds is 6. The molecule has 10 nitrogen and oxygen atoms in total. The summed E-state index contributed by atoms with van der Waals surface area (Å²) in [4.78, 5) is 21.6. The van der Waals surface area contributed by atoms with Crippen molar-refractivity contribution in [2.45, 2.75) is 12.2 Å². The van der Waals surface area contributed by atoms with E-state index in [0.717, 1.165) is 19.2 Å². The van der Waals surface area contributed by atoms with E-state index in [-0.39, 0.29) is 91.7 Å². The van der Waals surface area contributed by atoms with Crippen molar-refractivity contribution in [2.75, 3.05) is 40.6 Å². The molecule has 0 radical (unpaired) electrons. The second-order valence-electron chi connectivity index (χ2n) is 6.64. The van der Waals surface area contributed by atoms with Gasteiger partial charge in [-0.1, -0.05) is 0 Å². The normalized spacial score (nSPS) is 14.0. The average molecular weight is 527 g/mol. The number of hydrogen-bond acceptors (Lipinski definition) is 9. The number of carboxylic acid groups (broad SMARTS) is 1. The molecule has 2 aromatic rings. The molecule has 0 aromatic heterocycles. The fraction of sp³-hybridized carbons (Fsp3) is 0.364. The molecule has 2 fully saturated rings. The fourth-order valence-electron chi connectivity index (χ4n) is 2.49. The van der Waals surface area contributed by atoms with Crippen molar-refractivity contribution in [3.8, 4) is 11.5 Å². The van der Waals surface area contributed by atoms with E-state index in [1.807, 2.05) is 0 Å². The Labute approximate surface area is 242 Å². The molecule has 3 N–H and O–H groups in total. The van der Waals surface area contributed by atoms with E-state index < -0.39 is 23.6 Å². The van der Waals surface area contributed by atoms with Crippen LogP contribution >= 0.6 is 0 Å². The first-order valence-corrected chi connectivity index (χ1v) is 9.71. The fourth-order valence-corrected chi connectivity index (χ4v) is 2.49. The van der Waals surface area contributed by atoms with Gasteiger partial charge in [0.1, 0.15) is 12.2 Å². The van der Waals surface area contributed by atoms with Gasteiger partial charge in [0.05, 0.1) is 44.7 Å². The Morgan fingerprint density at radius 1 is 0.857 bits per heavy atom. The Hall–Kier alpha value is -1.68. The predicted molar refractivity (Wildman–Crippen MR) is 112 cm³/mol. The minimum atomic E-state index is -1.16. The number of halogens is 2. The zero-order valence-electron chi connectivity index (χ0n) is 19.4. The number of aliphatic hydroxyl groups excluding tert-OH is 1. The second kappa shape index (κ2) is 16.9. The molecule has 13 heteroatoms. The Kier molecular flexibility index (Phi) is 16.1. The van der Waals surface area contributed by atoms with E-state index in [1.165, 1.54) is 31.4 Å². The van der Waals surface area contributed by atoms with Gasteiger partial charge in [-0.15, -0.1) is 0 Å². The van der Waals surface area contributed by atoms with Crippen LogP contribution in [0.3, 0.4) is 0 Å². The zero-order valence-corrected chi connectivity index (χ0v) is 22.5. The van der Waals surface area contributed by atoms with Gasteiger partial charge < -0.3 is 39.4 Å². The molecule has 0 spiro atoms. The van der Waals surface area contributed by atoms with E-state index in [1.54, 1.807) is 0 Å². The van der Waals surface area contributed by atoms with Crippen LogP contribution < -0.4 is 60.9 Å². The number of carboxylic acids is 1. The van der Waals surface area contributed by atoms with Crippen LogP contribution in [0.2, 0.25) is 0 Å². The number of methoxy groups -OCH3 is 1. The van der Waals surface area contributed by atoms with Crippen molar-refractivity contribution in [1.29, 1.82) is 0 Å². The number of hydrogen-bond donors (Lipinski definition) is 2. The van der Waals surface area contributed by atoms with Crippen molar-refractivity contribution >= 4 is 11.9 Å². The number of carbonyl (C=O) groups excluding carboxylic acids is 1. The van der Waals surface area contributed by atoms with Crippen LogP contribution in [0.4, 0.5) is 8.78 Å². The molecule has 2 aliphatic heterocycles. The van der Waals surface area contributed by atoms with Crippen molar-refractivity contribution in [3.05, 3.63) is 59.2 Å². The minimum Gasteiger partial charge on any atom is -0.870 e. The maximum atomic E-state index is 13.5. The van der Waals surface area contributed by atoms with Crippen LogP contribution in [-0.4, -0.2) is 80.5 Å². The first-order valence-electron chi connectivity index (χ1n) is 9.71. The molecule has 0 unspecified atom stereocenters. The Morgan fingerprint density at radius 3 is 1.57 bits per heavy atom. The first kappa shape index (κ1) is 33.3.